The molecule has 0 bridgehead atoms. The number of aromatic nitrogens is 3. The topological polar surface area (TPSA) is 84.3 Å². The average molecular weight is 358 g/mol. The van der Waals surface area contributed by atoms with Crippen molar-refractivity contribution in [1.82, 2.24) is 25.0 Å². The molecular formula is C18H26N6O2. The molecule has 0 aliphatic carbocycles. The average Bonchev–Trinajstić information content (AvgIpc) is 2.99. The maximum atomic E-state index is 12.5. The fourth-order valence-corrected chi connectivity index (χ4v) is 2.83. The Balaban J connectivity index is 1.72. The number of pyridine rings is 1. The normalized spacial score (nSPS) is 17.8. The number of hydrogen-bond acceptors (Lipinski definition) is 6. The number of nitrogens with zero attached hydrogens (tertiary/aromatic N) is 4. The molecule has 1 amide bonds. The van der Waals surface area contributed by atoms with Crippen molar-refractivity contribution in [1.29, 1.82) is 0 Å². The number of aryl methyl sites for hydroxylation is 1. The summed E-state index contributed by atoms with van der Waals surface area (Å²) >= 11 is 0. The number of piperazine rings is 1. The molecule has 26 heavy (non-hydrogen) atoms. The van der Waals surface area contributed by atoms with Gasteiger partial charge in [-0.05, 0) is 32.4 Å². The van der Waals surface area contributed by atoms with Crippen LogP contribution in [0.15, 0.2) is 30.6 Å². The molecule has 8 nitrogen and oxygen atoms in total. The van der Waals surface area contributed by atoms with E-state index in [4.69, 9.17) is 4.74 Å². The second kappa shape index (κ2) is 7.33. The molecule has 0 saturated carbocycles. The second-order valence-electron chi connectivity index (χ2n) is 7.37. The first-order valence-corrected chi connectivity index (χ1v) is 8.75. The van der Waals surface area contributed by atoms with Crippen LogP contribution in [0.25, 0.3) is 0 Å². The van der Waals surface area contributed by atoms with E-state index < -0.39 is 5.60 Å². The largest absolute Gasteiger partial charge is 0.444 e. The highest BCUT2D eigenvalue weighted by atomic mass is 16.6. The van der Waals surface area contributed by atoms with Crippen LogP contribution in [0.5, 0.6) is 0 Å². The number of rotatable bonds is 3. The molecule has 3 rings (SSSR count). The maximum Gasteiger partial charge on any atom is 0.410 e. The molecule has 1 unspecified atom stereocenters. The zero-order chi connectivity index (χ0) is 18.7. The molecule has 1 saturated heterocycles. The molecule has 3 heterocycles. The zero-order valence-corrected chi connectivity index (χ0v) is 15.7. The van der Waals surface area contributed by atoms with Gasteiger partial charge in [-0.1, -0.05) is 6.07 Å². The molecule has 0 radical (unpaired) electrons. The van der Waals surface area contributed by atoms with Crippen LogP contribution in [0.4, 0.5) is 16.4 Å². The summed E-state index contributed by atoms with van der Waals surface area (Å²) in [5.74, 6) is 1.45. The van der Waals surface area contributed by atoms with E-state index in [-0.39, 0.29) is 12.1 Å². The van der Waals surface area contributed by atoms with Crippen molar-refractivity contribution in [3.05, 3.63) is 36.2 Å². The lowest BCUT2D eigenvalue weighted by Gasteiger charge is -2.37. The van der Waals surface area contributed by atoms with Gasteiger partial charge in [-0.2, -0.15) is 5.10 Å². The molecule has 1 fully saturated rings. The Kier molecular flexibility index (Phi) is 5.13. The number of ether oxygens (including phenoxy) is 1. The number of anilines is 2. The first kappa shape index (κ1) is 18.2. The van der Waals surface area contributed by atoms with E-state index in [1.54, 1.807) is 15.8 Å². The molecule has 1 atom stereocenters. The summed E-state index contributed by atoms with van der Waals surface area (Å²) in [6.45, 7) is 7.66. The van der Waals surface area contributed by atoms with E-state index >= 15 is 0 Å². The van der Waals surface area contributed by atoms with Crippen LogP contribution in [0.3, 0.4) is 0 Å². The summed E-state index contributed by atoms with van der Waals surface area (Å²) in [5, 5.41) is 10.8. The first-order chi connectivity index (χ1) is 12.3. The summed E-state index contributed by atoms with van der Waals surface area (Å²) in [6, 6.07) is 5.65. The summed E-state index contributed by atoms with van der Waals surface area (Å²) in [4.78, 5) is 18.8. The molecule has 2 aromatic rings. The Hall–Kier alpha value is -2.61. The van der Waals surface area contributed by atoms with E-state index in [1.165, 1.54) is 0 Å². The van der Waals surface area contributed by atoms with Gasteiger partial charge in [0.2, 0.25) is 0 Å². The van der Waals surface area contributed by atoms with E-state index in [9.17, 15) is 4.79 Å². The smallest absolute Gasteiger partial charge is 0.410 e. The van der Waals surface area contributed by atoms with Gasteiger partial charge in [0.05, 0.1) is 6.04 Å². The van der Waals surface area contributed by atoms with E-state index in [1.807, 2.05) is 52.2 Å². The monoisotopic (exact) mass is 358 g/mol. The Morgan fingerprint density at radius 2 is 2.12 bits per heavy atom. The third-order valence-corrected chi connectivity index (χ3v) is 4.01. The summed E-state index contributed by atoms with van der Waals surface area (Å²) in [5.41, 5.74) is 0.455. The van der Waals surface area contributed by atoms with Gasteiger partial charge in [0.25, 0.3) is 0 Å². The molecule has 0 aromatic carbocycles. The second-order valence-corrected chi connectivity index (χ2v) is 7.37. The van der Waals surface area contributed by atoms with Crippen molar-refractivity contribution >= 4 is 17.7 Å². The van der Waals surface area contributed by atoms with Crippen LogP contribution >= 0.6 is 0 Å². The van der Waals surface area contributed by atoms with Gasteiger partial charge >= 0.3 is 6.09 Å². The number of hydrogen-bond donors (Lipinski definition) is 2. The minimum atomic E-state index is -0.513. The van der Waals surface area contributed by atoms with Crippen molar-refractivity contribution in [2.45, 2.75) is 32.4 Å². The Labute approximate surface area is 153 Å². The van der Waals surface area contributed by atoms with Gasteiger partial charge in [0, 0.05) is 45.1 Å². The van der Waals surface area contributed by atoms with Crippen LogP contribution in [-0.4, -0.2) is 51.0 Å². The first-order valence-electron chi connectivity index (χ1n) is 8.75. The predicted molar refractivity (Wildman–Crippen MR) is 99.3 cm³/mol. The number of carbonyl (C=O) groups excluding carboxylic acids is 1. The highest BCUT2D eigenvalue weighted by molar-refractivity contribution is 5.69. The molecule has 1 aliphatic heterocycles. The Morgan fingerprint density at radius 3 is 2.73 bits per heavy atom. The number of carbonyl (C=O) groups is 1. The van der Waals surface area contributed by atoms with Gasteiger partial charge < -0.3 is 15.4 Å². The lowest BCUT2D eigenvalue weighted by molar-refractivity contribution is 0.0117. The van der Waals surface area contributed by atoms with Crippen molar-refractivity contribution in [3.8, 4) is 0 Å². The van der Waals surface area contributed by atoms with Crippen LogP contribution in [0, 0.1) is 0 Å². The Morgan fingerprint density at radius 1 is 1.31 bits per heavy atom. The fourth-order valence-electron chi connectivity index (χ4n) is 2.83. The highest BCUT2D eigenvalue weighted by Crippen LogP contribution is 2.25. The molecule has 140 valence electrons. The van der Waals surface area contributed by atoms with Crippen molar-refractivity contribution in [2.24, 2.45) is 7.05 Å². The van der Waals surface area contributed by atoms with E-state index in [0.29, 0.717) is 18.9 Å². The van der Waals surface area contributed by atoms with Gasteiger partial charge in [-0.15, -0.1) is 0 Å². The molecule has 2 aromatic heterocycles. The molecule has 8 heteroatoms. The lowest BCUT2D eigenvalue weighted by atomic mass is 10.1. The minimum absolute atomic E-state index is 0.102. The lowest BCUT2D eigenvalue weighted by Crippen LogP contribution is -2.50. The van der Waals surface area contributed by atoms with Gasteiger partial charge in [0.1, 0.15) is 11.4 Å². The summed E-state index contributed by atoms with van der Waals surface area (Å²) in [6.07, 6.45) is 3.36. The standard InChI is InChI=1S/C18H26N6O2/c1-18(2,3)26-17(25)24-10-8-19-12-14(24)13-5-6-15(20-11-13)21-16-7-9-23(4)22-16/h5-7,9,11,14,19H,8,10,12H2,1-4H3,(H,20,21,22). The predicted octanol–water partition coefficient (Wildman–Crippen LogP) is 2.44. The highest BCUT2D eigenvalue weighted by Gasteiger charge is 2.31. The van der Waals surface area contributed by atoms with E-state index in [0.717, 1.165) is 17.9 Å². The van der Waals surface area contributed by atoms with E-state index in [2.05, 4.69) is 20.7 Å². The quantitative estimate of drug-likeness (QED) is 0.877. The van der Waals surface area contributed by atoms with Gasteiger partial charge in [-0.3, -0.25) is 9.58 Å². The molecular weight excluding hydrogens is 332 g/mol. The van der Waals surface area contributed by atoms with Crippen molar-refractivity contribution in [3.63, 3.8) is 0 Å². The van der Waals surface area contributed by atoms with Crippen molar-refractivity contribution < 1.29 is 9.53 Å². The summed E-state index contributed by atoms with van der Waals surface area (Å²) < 4.78 is 7.28. The third kappa shape index (κ3) is 4.51. The van der Waals surface area contributed by atoms with Crippen LogP contribution < -0.4 is 10.6 Å². The zero-order valence-electron chi connectivity index (χ0n) is 15.7. The molecule has 2 N–H and O–H groups in total. The number of amides is 1. The maximum absolute atomic E-state index is 12.5. The van der Waals surface area contributed by atoms with Crippen molar-refractivity contribution in [2.75, 3.05) is 25.0 Å². The summed E-state index contributed by atoms with van der Waals surface area (Å²) in [7, 11) is 1.86. The SMILES string of the molecule is Cn1ccc(Nc2ccc(C3CNCCN3C(=O)OC(C)(C)C)cn2)n1. The Bertz CT molecular complexity index is 750. The molecule has 1 aliphatic rings. The fraction of sp³-hybridized carbons (Fsp3) is 0.500. The number of nitrogens with one attached hydrogen (secondary N) is 2. The minimum Gasteiger partial charge on any atom is -0.444 e. The van der Waals surface area contributed by atoms with Crippen LogP contribution in [-0.2, 0) is 11.8 Å². The van der Waals surface area contributed by atoms with Gasteiger partial charge in [-0.25, -0.2) is 9.78 Å². The van der Waals surface area contributed by atoms with Gasteiger partial charge in [0.15, 0.2) is 5.82 Å². The molecule has 0 spiro atoms. The van der Waals surface area contributed by atoms with Crippen LogP contribution in [0.2, 0.25) is 0 Å². The van der Waals surface area contributed by atoms with Crippen LogP contribution in [0.1, 0.15) is 32.4 Å². The third-order valence-electron chi connectivity index (χ3n) is 4.01.